The first kappa shape index (κ1) is 11.6. The number of aromatic nitrogens is 1. The van der Waals surface area contributed by atoms with E-state index < -0.39 is 5.97 Å². The van der Waals surface area contributed by atoms with Crippen LogP contribution in [-0.4, -0.2) is 15.6 Å². The van der Waals surface area contributed by atoms with Crippen LogP contribution in [0.25, 0.3) is 10.9 Å². The van der Waals surface area contributed by atoms with Crippen molar-refractivity contribution in [3.63, 3.8) is 0 Å². The van der Waals surface area contributed by atoms with Gasteiger partial charge in [0.1, 0.15) is 0 Å². The number of carboxylic acids is 1. The molecular weight excluding hydrogens is 250 g/mol. The van der Waals surface area contributed by atoms with Crippen molar-refractivity contribution in [1.82, 2.24) is 4.57 Å². The molecule has 0 spiro atoms. The number of halogens is 1. The molecule has 0 saturated heterocycles. The summed E-state index contributed by atoms with van der Waals surface area (Å²) in [6.07, 6.45) is 5.50. The third-order valence-electron chi connectivity index (χ3n) is 3.75. The molecule has 2 aromatic rings. The average molecular weight is 264 g/mol. The van der Waals surface area contributed by atoms with Gasteiger partial charge in [-0.2, -0.15) is 0 Å². The van der Waals surface area contributed by atoms with E-state index in [-0.39, 0.29) is 0 Å². The molecule has 1 heterocycles. The maximum absolute atomic E-state index is 11.2. The molecule has 0 atom stereocenters. The molecule has 1 fully saturated rings. The average Bonchev–Trinajstić information content (AvgIpc) is 2.62. The summed E-state index contributed by atoms with van der Waals surface area (Å²) in [7, 11) is 0. The van der Waals surface area contributed by atoms with Gasteiger partial charge in [-0.3, -0.25) is 0 Å². The van der Waals surface area contributed by atoms with Crippen LogP contribution in [0.3, 0.4) is 0 Å². The first-order chi connectivity index (χ1) is 8.65. The second-order valence-electron chi connectivity index (χ2n) is 4.96. The van der Waals surface area contributed by atoms with Gasteiger partial charge in [0.15, 0.2) is 0 Å². The van der Waals surface area contributed by atoms with E-state index in [1.165, 1.54) is 19.3 Å². The van der Waals surface area contributed by atoms with E-state index in [1.807, 2.05) is 10.6 Å². The molecule has 0 amide bonds. The van der Waals surface area contributed by atoms with Crippen LogP contribution in [0.2, 0.25) is 5.02 Å². The first-order valence-corrected chi connectivity index (χ1v) is 6.54. The highest BCUT2D eigenvalue weighted by atomic mass is 35.5. The van der Waals surface area contributed by atoms with Gasteiger partial charge in [-0.1, -0.05) is 24.1 Å². The van der Waals surface area contributed by atoms with Crippen LogP contribution in [0.15, 0.2) is 24.4 Å². The summed E-state index contributed by atoms with van der Waals surface area (Å²) >= 11 is 6.00. The fraction of sp³-hybridized carbons (Fsp3) is 0.357. The third kappa shape index (κ3) is 1.89. The Hall–Kier alpha value is -1.48. The number of rotatable bonds is 3. The van der Waals surface area contributed by atoms with Crippen LogP contribution in [0.4, 0.5) is 0 Å². The Labute approximate surface area is 110 Å². The van der Waals surface area contributed by atoms with Gasteiger partial charge >= 0.3 is 5.97 Å². The normalized spacial score (nSPS) is 15.8. The number of carboxylic acid groups (broad SMARTS) is 1. The lowest BCUT2D eigenvalue weighted by Gasteiger charge is -2.26. The zero-order chi connectivity index (χ0) is 12.7. The highest BCUT2D eigenvalue weighted by Gasteiger charge is 2.21. The van der Waals surface area contributed by atoms with E-state index in [0.717, 1.165) is 17.4 Å². The van der Waals surface area contributed by atoms with Gasteiger partial charge in [-0.25, -0.2) is 4.79 Å². The molecule has 0 aliphatic heterocycles. The van der Waals surface area contributed by atoms with E-state index in [1.54, 1.807) is 18.3 Å². The lowest BCUT2D eigenvalue weighted by atomic mass is 9.85. The standard InChI is InChI=1S/C14H14ClNO2/c15-10-4-5-11-12(14(17)18)8-16(13(11)6-10)7-9-2-1-3-9/h4-6,8-9H,1-3,7H2,(H,17,18). The van der Waals surface area contributed by atoms with Crippen LogP contribution in [0.5, 0.6) is 0 Å². The molecule has 3 rings (SSSR count). The van der Waals surface area contributed by atoms with Gasteiger partial charge in [-0.05, 0) is 30.9 Å². The molecule has 0 bridgehead atoms. The summed E-state index contributed by atoms with van der Waals surface area (Å²) in [6.45, 7) is 0.893. The number of hydrogen-bond acceptors (Lipinski definition) is 1. The summed E-state index contributed by atoms with van der Waals surface area (Å²) in [6, 6.07) is 5.38. The molecule has 94 valence electrons. The quantitative estimate of drug-likeness (QED) is 0.915. The second kappa shape index (κ2) is 4.32. The number of carbonyl (C=O) groups is 1. The molecular formula is C14H14ClNO2. The van der Waals surface area contributed by atoms with Crippen LogP contribution >= 0.6 is 11.6 Å². The second-order valence-corrected chi connectivity index (χ2v) is 5.40. The fourth-order valence-corrected chi connectivity index (χ4v) is 2.71. The number of aromatic carboxylic acids is 1. The maximum Gasteiger partial charge on any atom is 0.337 e. The van der Waals surface area contributed by atoms with E-state index in [0.29, 0.717) is 16.5 Å². The van der Waals surface area contributed by atoms with Crippen molar-refractivity contribution < 1.29 is 9.90 Å². The topological polar surface area (TPSA) is 42.2 Å². The summed E-state index contributed by atoms with van der Waals surface area (Å²) in [5, 5.41) is 10.6. The smallest absolute Gasteiger partial charge is 0.337 e. The summed E-state index contributed by atoms with van der Waals surface area (Å²) in [4.78, 5) is 11.2. The van der Waals surface area contributed by atoms with Crippen molar-refractivity contribution in [3.05, 3.63) is 35.0 Å². The Balaban J connectivity index is 2.10. The maximum atomic E-state index is 11.2. The minimum absolute atomic E-state index is 0.362. The van der Waals surface area contributed by atoms with Crippen LogP contribution < -0.4 is 0 Å². The van der Waals surface area contributed by atoms with Crippen molar-refractivity contribution >= 4 is 28.5 Å². The SMILES string of the molecule is O=C(O)c1cn(CC2CCC2)c2cc(Cl)ccc12. The van der Waals surface area contributed by atoms with E-state index in [2.05, 4.69) is 0 Å². The summed E-state index contributed by atoms with van der Waals surface area (Å²) < 4.78 is 2.04. The molecule has 1 aliphatic rings. The first-order valence-electron chi connectivity index (χ1n) is 6.17. The molecule has 4 heteroatoms. The Kier molecular flexibility index (Phi) is 2.78. The predicted molar refractivity (Wildman–Crippen MR) is 71.2 cm³/mol. The summed E-state index contributed by atoms with van der Waals surface area (Å²) in [5.41, 5.74) is 1.28. The van der Waals surface area contributed by atoms with Crippen molar-refractivity contribution in [2.75, 3.05) is 0 Å². The molecule has 1 aromatic carbocycles. The van der Waals surface area contributed by atoms with Crippen molar-refractivity contribution in [2.45, 2.75) is 25.8 Å². The van der Waals surface area contributed by atoms with Crippen molar-refractivity contribution in [2.24, 2.45) is 5.92 Å². The zero-order valence-corrected chi connectivity index (χ0v) is 10.7. The van der Waals surface area contributed by atoms with Crippen molar-refractivity contribution in [1.29, 1.82) is 0 Å². The Morgan fingerprint density at radius 2 is 2.22 bits per heavy atom. The molecule has 1 aromatic heterocycles. The molecule has 18 heavy (non-hydrogen) atoms. The molecule has 3 nitrogen and oxygen atoms in total. The molecule has 1 N–H and O–H groups in total. The molecule has 0 unspecified atom stereocenters. The highest BCUT2D eigenvalue weighted by molar-refractivity contribution is 6.31. The Morgan fingerprint density at radius 3 is 2.83 bits per heavy atom. The van der Waals surface area contributed by atoms with Crippen molar-refractivity contribution in [3.8, 4) is 0 Å². The molecule has 1 saturated carbocycles. The van der Waals surface area contributed by atoms with Gasteiger partial charge < -0.3 is 9.67 Å². The highest BCUT2D eigenvalue weighted by Crippen LogP contribution is 2.31. The van der Waals surface area contributed by atoms with Crippen LogP contribution in [0, 0.1) is 5.92 Å². The molecule has 1 aliphatic carbocycles. The largest absolute Gasteiger partial charge is 0.478 e. The lowest BCUT2D eigenvalue weighted by molar-refractivity contribution is 0.0698. The van der Waals surface area contributed by atoms with Crippen LogP contribution in [0.1, 0.15) is 29.6 Å². The minimum Gasteiger partial charge on any atom is -0.478 e. The van der Waals surface area contributed by atoms with Gasteiger partial charge in [-0.15, -0.1) is 0 Å². The van der Waals surface area contributed by atoms with Gasteiger partial charge in [0.05, 0.1) is 11.1 Å². The third-order valence-corrected chi connectivity index (χ3v) is 3.99. The minimum atomic E-state index is -0.880. The number of fused-ring (bicyclic) bond motifs is 1. The zero-order valence-electron chi connectivity index (χ0n) is 9.90. The predicted octanol–water partition coefficient (Wildman–Crippen LogP) is 3.79. The van der Waals surface area contributed by atoms with E-state index in [9.17, 15) is 9.90 Å². The lowest BCUT2D eigenvalue weighted by Crippen LogP contribution is -2.17. The van der Waals surface area contributed by atoms with E-state index >= 15 is 0 Å². The number of hydrogen-bond donors (Lipinski definition) is 1. The Bertz CT molecular complexity index is 614. The fourth-order valence-electron chi connectivity index (χ4n) is 2.54. The Morgan fingerprint density at radius 1 is 1.44 bits per heavy atom. The van der Waals surface area contributed by atoms with Crippen LogP contribution in [-0.2, 0) is 6.54 Å². The van der Waals surface area contributed by atoms with Gasteiger partial charge in [0.25, 0.3) is 0 Å². The number of benzene rings is 1. The molecule has 0 radical (unpaired) electrons. The van der Waals surface area contributed by atoms with Gasteiger partial charge in [0, 0.05) is 23.2 Å². The number of nitrogens with zero attached hydrogens (tertiary/aromatic N) is 1. The van der Waals surface area contributed by atoms with Gasteiger partial charge in [0.2, 0.25) is 0 Å². The van der Waals surface area contributed by atoms with E-state index in [4.69, 9.17) is 11.6 Å². The summed E-state index contributed by atoms with van der Waals surface area (Å²) in [5.74, 6) is -0.198. The monoisotopic (exact) mass is 263 g/mol.